The number of carboxylic acids is 1. The van der Waals surface area contributed by atoms with E-state index < -0.39 is 11.9 Å². The first-order valence-electron chi connectivity index (χ1n) is 5.60. The predicted octanol–water partition coefficient (Wildman–Crippen LogP) is 1.39. The normalized spacial score (nSPS) is 12.3. The van der Waals surface area contributed by atoms with E-state index in [0.717, 1.165) is 0 Å². The molecule has 2 amide bonds. The molecule has 16 heavy (non-hydrogen) atoms. The first-order chi connectivity index (χ1) is 7.38. The van der Waals surface area contributed by atoms with Gasteiger partial charge in [0.1, 0.15) is 0 Å². The molecule has 5 nitrogen and oxygen atoms in total. The van der Waals surface area contributed by atoms with Crippen molar-refractivity contribution >= 4 is 12.0 Å². The van der Waals surface area contributed by atoms with Crippen LogP contribution in [0.4, 0.5) is 4.79 Å². The summed E-state index contributed by atoms with van der Waals surface area (Å²) in [7, 11) is 1.71. The smallest absolute Gasteiger partial charge is 0.317 e. The second-order valence-electron chi connectivity index (χ2n) is 4.40. The van der Waals surface area contributed by atoms with E-state index >= 15 is 0 Å². The third kappa shape index (κ3) is 5.58. The van der Waals surface area contributed by atoms with Crippen molar-refractivity contribution in [1.82, 2.24) is 10.2 Å². The maximum Gasteiger partial charge on any atom is 0.317 e. The van der Waals surface area contributed by atoms with Gasteiger partial charge in [-0.05, 0) is 12.3 Å². The largest absolute Gasteiger partial charge is 0.481 e. The van der Waals surface area contributed by atoms with Crippen LogP contribution >= 0.6 is 0 Å². The fourth-order valence-electron chi connectivity index (χ4n) is 1.38. The van der Waals surface area contributed by atoms with Crippen molar-refractivity contribution < 1.29 is 14.7 Å². The SMILES string of the molecule is CCC(CNC(=O)N(C)CC(C)C)C(=O)O. The van der Waals surface area contributed by atoms with Crippen molar-refractivity contribution in [3.8, 4) is 0 Å². The second-order valence-corrected chi connectivity index (χ2v) is 4.40. The fraction of sp³-hybridized carbons (Fsp3) is 0.818. The number of nitrogens with zero attached hydrogens (tertiary/aromatic N) is 1. The number of rotatable bonds is 6. The number of nitrogens with one attached hydrogen (secondary N) is 1. The molecule has 94 valence electrons. The van der Waals surface area contributed by atoms with Crippen molar-refractivity contribution in [3.05, 3.63) is 0 Å². The van der Waals surface area contributed by atoms with Gasteiger partial charge in [-0.2, -0.15) is 0 Å². The summed E-state index contributed by atoms with van der Waals surface area (Å²) in [4.78, 5) is 23.8. The van der Waals surface area contributed by atoms with E-state index in [2.05, 4.69) is 5.32 Å². The lowest BCUT2D eigenvalue weighted by Crippen LogP contribution is -2.42. The Balaban J connectivity index is 4.00. The van der Waals surface area contributed by atoms with E-state index in [0.29, 0.717) is 18.9 Å². The molecule has 5 heteroatoms. The molecule has 0 aliphatic carbocycles. The van der Waals surface area contributed by atoms with Crippen molar-refractivity contribution in [3.63, 3.8) is 0 Å². The summed E-state index contributed by atoms with van der Waals surface area (Å²) in [6, 6.07) is -0.214. The van der Waals surface area contributed by atoms with E-state index in [4.69, 9.17) is 5.11 Å². The van der Waals surface area contributed by atoms with E-state index in [1.165, 1.54) is 0 Å². The first-order valence-corrected chi connectivity index (χ1v) is 5.60. The lowest BCUT2D eigenvalue weighted by molar-refractivity contribution is -0.141. The molecule has 0 aliphatic heterocycles. The molecule has 0 saturated carbocycles. The van der Waals surface area contributed by atoms with Crippen LogP contribution in [0.15, 0.2) is 0 Å². The monoisotopic (exact) mass is 230 g/mol. The Labute approximate surface area is 96.8 Å². The third-order valence-electron chi connectivity index (χ3n) is 2.33. The number of aliphatic carboxylic acids is 1. The fourth-order valence-corrected chi connectivity index (χ4v) is 1.38. The second kappa shape index (κ2) is 7.09. The Morgan fingerprint density at radius 2 is 1.94 bits per heavy atom. The maximum absolute atomic E-state index is 11.5. The van der Waals surface area contributed by atoms with Gasteiger partial charge in [0.15, 0.2) is 0 Å². The highest BCUT2D eigenvalue weighted by molar-refractivity contribution is 5.75. The summed E-state index contributed by atoms with van der Waals surface area (Å²) < 4.78 is 0. The Bertz CT molecular complexity index is 241. The van der Waals surface area contributed by atoms with Crippen molar-refractivity contribution in [2.45, 2.75) is 27.2 Å². The molecular formula is C11H22N2O3. The summed E-state index contributed by atoms with van der Waals surface area (Å²) in [5.41, 5.74) is 0. The van der Waals surface area contributed by atoms with Gasteiger partial charge in [-0.25, -0.2) is 4.79 Å². The average molecular weight is 230 g/mol. The van der Waals surface area contributed by atoms with Gasteiger partial charge in [0.25, 0.3) is 0 Å². The zero-order chi connectivity index (χ0) is 12.7. The summed E-state index contributed by atoms with van der Waals surface area (Å²) in [6.07, 6.45) is 0.517. The first kappa shape index (κ1) is 14.7. The van der Waals surface area contributed by atoms with Gasteiger partial charge in [-0.15, -0.1) is 0 Å². The highest BCUT2D eigenvalue weighted by atomic mass is 16.4. The van der Waals surface area contributed by atoms with E-state index in [-0.39, 0.29) is 12.6 Å². The van der Waals surface area contributed by atoms with Gasteiger partial charge in [0.2, 0.25) is 0 Å². The maximum atomic E-state index is 11.5. The van der Waals surface area contributed by atoms with Crippen LogP contribution in [0.25, 0.3) is 0 Å². The predicted molar refractivity (Wildman–Crippen MR) is 62.3 cm³/mol. The summed E-state index contributed by atoms with van der Waals surface area (Å²) in [6.45, 7) is 6.69. The van der Waals surface area contributed by atoms with Crippen LogP contribution < -0.4 is 5.32 Å². The molecule has 0 rings (SSSR count). The number of carboxylic acid groups (broad SMARTS) is 1. The minimum atomic E-state index is -0.866. The Morgan fingerprint density at radius 3 is 2.31 bits per heavy atom. The molecule has 1 atom stereocenters. The van der Waals surface area contributed by atoms with Gasteiger partial charge < -0.3 is 15.3 Å². The molecule has 0 heterocycles. The van der Waals surface area contributed by atoms with Gasteiger partial charge >= 0.3 is 12.0 Å². The van der Waals surface area contributed by atoms with Crippen LogP contribution in [0.1, 0.15) is 27.2 Å². The molecule has 2 N–H and O–H groups in total. The van der Waals surface area contributed by atoms with Crippen LogP contribution in [0.5, 0.6) is 0 Å². The lowest BCUT2D eigenvalue weighted by Gasteiger charge is -2.21. The third-order valence-corrected chi connectivity index (χ3v) is 2.33. The Hall–Kier alpha value is -1.26. The Kier molecular flexibility index (Phi) is 6.53. The molecule has 0 aliphatic rings. The van der Waals surface area contributed by atoms with Crippen LogP contribution in [0, 0.1) is 11.8 Å². The number of hydrogen-bond acceptors (Lipinski definition) is 2. The molecule has 0 radical (unpaired) electrons. The Morgan fingerprint density at radius 1 is 1.38 bits per heavy atom. The molecule has 1 unspecified atom stereocenters. The quantitative estimate of drug-likeness (QED) is 0.724. The molecule has 0 bridgehead atoms. The van der Waals surface area contributed by atoms with Crippen molar-refractivity contribution in [2.24, 2.45) is 11.8 Å². The summed E-state index contributed by atoms with van der Waals surface area (Å²) in [5.74, 6) is -0.970. The summed E-state index contributed by atoms with van der Waals surface area (Å²) >= 11 is 0. The van der Waals surface area contributed by atoms with Gasteiger partial charge in [0.05, 0.1) is 5.92 Å². The summed E-state index contributed by atoms with van der Waals surface area (Å²) in [5, 5.41) is 11.4. The zero-order valence-electron chi connectivity index (χ0n) is 10.5. The van der Waals surface area contributed by atoms with Crippen LogP contribution in [-0.4, -0.2) is 42.1 Å². The molecule has 0 saturated heterocycles. The highest BCUT2D eigenvalue weighted by Crippen LogP contribution is 2.01. The van der Waals surface area contributed by atoms with Gasteiger partial charge in [0, 0.05) is 20.1 Å². The number of carbonyl (C=O) groups excluding carboxylic acids is 1. The minimum absolute atomic E-state index is 0.188. The number of urea groups is 1. The van der Waals surface area contributed by atoms with Gasteiger partial charge in [-0.1, -0.05) is 20.8 Å². The standard InChI is InChI=1S/C11H22N2O3/c1-5-9(10(14)15)6-12-11(16)13(4)7-8(2)3/h8-9H,5-7H2,1-4H3,(H,12,16)(H,14,15). The average Bonchev–Trinajstić information content (AvgIpc) is 2.16. The van der Waals surface area contributed by atoms with E-state index in [1.807, 2.05) is 13.8 Å². The molecule has 0 spiro atoms. The molecule has 0 aromatic rings. The molecule has 0 fully saturated rings. The highest BCUT2D eigenvalue weighted by Gasteiger charge is 2.17. The van der Waals surface area contributed by atoms with Crippen LogP contribution in [0.3, 0.4) is 0 Å². The van der Waals surface area contributed by atoms with Crippen LogP contribution in [-0.2, 0) is 4.79 Å². The topological polar surface area (TPSA) is 69.6 Å². The van der Waals surface area contributed by atoms with E-state index in [1.54, 1.807) is 18.9 Å². The van der Waals surface area contributed by atoms with Crippen molar-refractivity contribution in [2.75, 3.05) is 20.1 Å². The van der Waals surface area contributed by atoms with Crippen LogP contribution in [0.2, 0.25) is 0 Å². The molecule has 0 aromatic heterocycles. The number of carbonyl (C=O) groups is 2. The molecule has 0 aromatic carbocycles. The molecular weight excluding hydrogens is 208 g/mol. The van der Waals surface area contributed by atoms with E-state index in [9.17, 15) is 9.59 Å². The number of hydrogen-bond donors (Lipinski definition) is 2. The number of amides is 2. The lowest BCUT2D eigenvalue weighted by atomic mass is 10.1. The van der Waals surface area contributed by atoms with Crippen molar-refractivity contribution in [1.29, 1.82) is 0 Å². The minimum Gasteiger partial charge on any atom is -0.481 e. The zero-order valence-corrected chi connectivity index (χ0v) is 10.5. The van der Waals surface area contributed by atoms with Gasteiger partial charge in [-0.3, -0.25) is 4.79 Å².